The number of rotatable bonds is 8. The Balaban J connectivity index is 1.96. The van der Waals surface area contributed by atoms with Crippen LogP contribution >= 0.6 is 0 Å². The van der Waals surface area contributed by atoms with Gasteiger partial charge in [0.25, 0.3) is 0 Å². The Labute approximate surface area is 258 Å². The summed E-state index contributed by atoms with van der Waals surface area (Å²) >= 11 is 0. The molecule has 0 aromatic rings. The zero-order valence-corrected chi connectivity index (χ0v) is 27.1. The summed E-state index contributed by atoms with van der Waals surface area (Å²) in [6.45, 7) is 10.4. The Morgan fingerprint density at radius 2 is 1.82 bits per heavy atom. The molecule has 44 heavy (non-hydrogen) atoms. The molecule has 0 aromatic carbocycles. The molecule has 11 heteroatoms. The molecule has 7 atom stereocenters. The molecule has 1 heterocycles. The number of Topliss-reactive ketones (excluding diaryl/α,β-unsaturated/α-hetero) is 1. The number of allylic oxidation sites excluding steroid dienone is 1. The zero-order chi connectivity index (χ0) is 32.9. The van der Waals surface area contributed by atoms with E-state index >= 15 is 0 Å². The van der Waals surface area contributed by atoms with Gasteiger partial charge in [0.05, 0.1) is 30.8 Å². The van der Waals surface area contributed by atoms with Crippen molar-refractivity contribution in [3.63, 3.8) is 0 Å². The quantitative estimate of drug-likeness (QED) is 0.235. The number of carbonyl (C=O) groups is 4. The van der Waals surface area contributed by atoms with Gasteiger partial charge < -0.3 is 34.1 Å². The van der Waals surface area contributed by atoms with E-state index in [1.807, 2.05) is 20.8 Å². The molecule has 0 spiro atoms. The third-order valence-electron chi connectivity index (χ3n) is 10.1. The predicted octanol–water partition coefficient (Wildman–Crippen LogP) is 3.33. The molecular formula is C33H45NO10. The molecule has 242 valence electrons. The molecule has 2 N–H and O–H groups in total. The molecule has 2 fully saturated rings. The van der Waals surface area contributed by atoms with Crippen LogP contribution in [0, 0.1) is 22.7 Å². The number of aliphatic hydroxyl groups is 2. The maximum absolute atomic E-state index is 14.2. The van der Waals surface area contributed by atoms with Gasteiger partial charge in [0.2, 0.25) is 5.78 Å². The van der Waals surface area contributed by atoms with E-state index in [9.17, 15) is 29.4 Å². The fourth-order valence-electron chi connectivity index (χ4n) is 7.83. The summed E-state index contributed by atoms with van der Waals surface area (Å²) in [5, 5.41) is 22.8. The molecule has 7 unspecified atom stereocenters. The van der Waals surface area contributed by atoms with Crippen molar-refractivity contribution in [1.82, 2.24) is 4.90 Å². The van der Waals surface area contributed by atoms with Crippen LogP contribution in [0.1, 0.15) is 60.8 Å². The summed E-state index contributed by atoms with van der Waals surface area (Å²) in [5.74, 6) is -3.47. The van der Waals surface area contributed by atoms with Crippen LogP contribution in [0.3, 0.4) is 0 Å². The van der Waals surface area contributed by atoms with Crippen LogP contribution in [0.15, 0.2) is 45.9 Å². The molecule has 0 radical (unpaired) electrons. The topological polar surface area (TPSA) is 149 Å². The number of cyclic esters (lactones) is 1. The second-order valence-electron chi connectivity index (χ2n) is 13.2. The first kappa shape index (κ1) is 33.5. The molecule has 0 bridgehead atoms. The second kappa shape index (κ2) is 12.2. The first-order chi connectivity index (χ1) is 20.5. The third kappa shape index (κ3) is 5.27. The van der Waals surface area contributed by atoms with E-state index in [0.29, 0.717) is 29.6 Å². The van der Waals surface area contributed by atoms with Gasteiger partial charge >= 0.3 is 17.9 Å². The van der Waals surface area contributed by atoms with Gasteiger partial charge in [-0.05, 0) is 50.5 Å². The number of likely N-dealkylation sites (N-methyl/N-ethyl adjacent to an activating group) is 1. The highest BCUT2D eigenvalue weighted by molar-refractivity contribution is 6.13. The zero-order valence-electron chi connectivity index (χ0n) is 27.1. The molecule has 1 saturated carbocycles. The van der Waals surface area contributed by atoms with Gasteiger partial charge in [-0.1, -0.05) is 26.8 Å². The smallest absolute Gasteiger partial charge is 0.340 e. The molecule has 4 aliphatic rings. The molecule has 3 aliphatic carbocycles. The van der Waals surface area contributed by atoms with Gasteiger partial charge in [0.15, 0.2) is 5.76 Å². The number of fused-ring (bicyclic) bond motifs is 4. The lowest BCUT2D eigenvalue weighted by Gasteiger charge is -2.54. The van der Waals surface area contributed by atoms with Crippen molar-refractivity contribution in [3.8, 4) is 0 Å². The molecular weight excluding hydrogens is 570 g/mol. The standard InChI is InChI=1S/C33H45NO10/c1-16(2)21(12-17(3)30(39)42-9)34(7)14-19-26-29(38)28(37)25-20-10-11-23(36)32(20,5)13-22(43-18(4)35)27(25)33(26,6)24(15-41-8)44-31(19)40/h12,14,16,20-24,36,38H,10-11,13,15H2,1-9H3. The molecule has 4 rings (SSSR count). The summed E-state index contributed by atoms with van der Waals surface area (Å²) in [4.78, 5) is 54.2. The van der Waals surface area contributed by atoms with E-state index in [2.05, 4.69) is 0 Å². The van der Waals surface area contributed by atoms with Crippen LogP contribution in [0.4, 0.5) is 0 Å². The van der Waals surface area contributed by atoms with Crippen molar-refractivity contribution in [2.24, 2.45) is 22.7 Å². The number of hydrogen-bond donors (Lipinski definition) is 2. The summed E-state index contributed by atoms with van der Waals surface area (Å²) in [7, 11) is 4.48. The van der Waals surface area contributed by atoms with Crippen LogP contribution in [0.5, 0.6) is 0 Å². The normalized spacial score (nSPS) is 33.5. The van der Waals surface area contributed by atoms with Gasteiger partial charge in [-0.3, -0.25) is 9.59 Å². The van der Waals surface area contributed by atoms with Gasteiger partial charge in [0, 0.05) is 55.5 Å². The fraction of sp³-hybridized carbons (Fsp3) is 0.636. The number of esters is 3. The number of aliphatic hydroxyl groups excluding tert-OH is 2. The number of ether oxygens (including phenoxy) is 4. The van der Waals surface area contributed by atoms with Gasteiger partial charge in [-0.2, -0.15) is 0 Å². The van der Waals surface area contributed by atoms with Crippen LogP contribution in [-0.4, -0.2) is 91.0 Å². The molecule has 1 aliphatic heterocycles. The van der Waals surface area contributed by atoms with E-state index in [-0.39, 0.29) is 36.1 Å². The van der Waals surface area contributed by atoms with E-state index in [1.54, 1.807) is 31.9 Å². The average Bonchev–Trinajstić information content (AvgIpc) is 3.24. The number of methoxy groups -OCH3 is 2. The SMILES string of the molecule is COCC1OC(=O)C(=CN(C)C(C=C(C)C(=O)OC)C(C)C)C2=C(O)C(=O)C3=C(C(OC(C)=O)CC4(C)C(O)CCC34)C21C. The van der Waals surface area contributed by atoms with E-state index < -0.39 is 64.5 Å². The van der Waals surface area contributed by atoms with Gasteiger partial charge in [-0.25, -0.2) is 9.59 Å². The number of nitrogens with zero attached hydrogens (tertiary/aromatic N) is 1. The van der Waals surface area contributed by atoms with E-state index in [4.69, 9.17) is 18.9 Å². The minimum Gasteiger partial charge on any atom is -0.504 e. The van der Waals surface area contributed by atoms with Crippen LogP contribution in [-0.2, 0) is 38.1 Å². The largest absolute Gasteiger partial charge is 0.504 e. The third-order valence-corrected chi connectivity index (χ3v) is 10.1. The van der Waals surface area contributed by atoms with Crippen molar-refractivity contribution < 1.29 is 48.3 Å². The maximum atomic E-state index is 14.2. The average molecular weight is 616 g/mol. The molecule has 11 nitrogen and oxygen atoms in total. The summed E-state index contributed by atoms with van der Waals surface area (Å²) in [5.41, 5.74) is -0.897. The van der Waals surface area contributed by atoms with Crippen molar-refractivity contribution in [2.45, 2.75) is 85.2 Å². The summed E-state index contributed by atoms with van der Waals surface area (Å²) in [6, 6.07) is -0.377. The Bertz CT molecular complexity index is 1370. The second-order valence-corrected chi connectivity index (χ2v) is 13.2. The lowest BCUT2D eigenvalue weighted by molar-refractivity contribution is -0.161. The van der Waals surface area contributed by atoms with E-state index in [0.717, 1.165) is 0 Å². The van der Waals surface area contributed by atoms with Crippen molar-refractivity contribution in [3.05, 3.63) is 45.9 Å². The highest BCUT2D eigenvalue weighted by Gasteiger charge is 2.64. The minimum atomic E-state index is -1.32. The van der Waals surface area contributed by atoms with Crippen molar-refractivity contribution >= 4 is 23.7 Å². The Hall–Kier alpha value is -3.44. The number of carbonyl (C=O) groups excluding carboxylic acids is 4. The van der Waals surface area contributed by atoms with Gasteiger partial charge in [0.1, 0.15) is 12.2 Å². The van der Waals surface area contributed by atoms with Crippen LogP contribution in [0.25, 0.3) is 0 Å². The highest BCUT2D eigenvalue weighted by atomic mass is 16.6. The number of hydrogen-bond acceptors (Lipinski definition) is 11. The van der Waals surface area contributed by atoms with Crippen molar-refractivity contribution in [2.75, 3.05) is 27.9 Å². The highest BCUT2D eigenvalue weighted by Crippen LogP contribution is 2.63. The first-order valence-electron chi connectivity index (χ1n) is 15.0. The molecule has 0 amide bonds. The molecule has 1 saturated heterocycles. The predicted molar refractivity (Wildman–Crippen MR) is 159 cm³/mol. The lowest BCUT2D eigenvalue weighted by atomic mass is 9.53. The minimum absolute atomic E-state index is 0.0215. The Morgan fingerprint density at radius 1 is 1.16 bits per heavy atom. The molecule has 0 aromatic heterocycles. The summed E-state index contributed by atoms with van der Waals surface area (Å²) in [6.07, 6.45) is 1.86. The van der Waals surface area contributed by atoms with Crippen LogP contribution < -0.4 is 0 Å². The van der Waals surface area contributed by atoms with Crippen molar-refractivity contribution in [1.29, 1.82) is 0 Å². The Morgan fingerprint density at radius 3 is 2.39 bits per heavy atom. The fourth-order valence-corrected chi connectivity index (χ4v) is 7.83. The lowest BCUT2D eigenvalue weighted by Crippen LogP contribution is -2.57. The van der Waals surface area contributed by atoms with Crippen LogP contribution in [0.2, 0.25) is 0 Å². The van der Waals surface area contributed by atoms with E-state index in [1.165, 1.54) is 27.3 Å². The number of ketones is 1. The monoisotopic (exact) mass is 615 g/mol. The Kier molecular flexibility index (Phi) is 9.24. The van der Waals surface area contributed by atoms with Gasteiger partial charge in [-0.15, -0.1) is 0 Å². The summed E-state index contributed by atoms with van der Waals surface area (Å²) < 4.78 is 22.2. The first-order valence-corrected chi connectivity index (χ1v) is 15.0. The maximum Gasteiger partial charge on any atom is 0.340 e.